The molecule has 0 fully saturated rings. The number of imidazole rings is 1. The molecule has 2 heterocycles. The van der Waals surface area contributed by atoms with Crippen molar-refractivity contribution < 1.29 is 9.59 Å². The van der Waals surface area contributed by atoms with E-state index < -0.39 is 11.9 Å². The van der Waals surface area contributed by atoms with Gasteiger partial charge in [-0.15, -0.1) is 0 Å². The number of hydrogen-bond donors (Lipinski definition) is 3. The highest BCUT2D eigenvalue weighted by Crippen LogP contribution is 2.13. The number of benzene rings is 1. The van der Waals surface area contributed by atoms with Gasteiger partial charge in [-0.1, -0.05) is 12.1 Å². The first-order valence-electron chi connectivity index (χ1n) is 8.11. The van der Waals surface area contributed by atoms with Crippen molar-refractivity contribution in [3.8, 4) is 0 Å². The minimum atomic E-state index is -0.620. The van der Waals surface area contributed by atoms with E-state index in [9.17, 15) is 9.59 Å². The van der Waals surface area contributed by atoms with E-state index in [0.717, 1.165) is 16.7 Å². The van der Waals surface area contributed by atoms with Crippen molar-refractivity contribution in [1.82, 2.24) is 30.4 Å². The molecule has 0 saturated heterocycles. The molecule has 3 rings (SSSR count). The lowest BCUT2D eigenvalue weighted by Crippen LogP contribution is -2.44. The van der Waals surface area contributed by atoms with E-state index in [-0.39, 0.29) is 11.6 Å². The Kier molecular flexibility index (Phi) is 4.78. The normalized spacial score (nSPS) is 12.1. The van der Waals surface area contributed by atoms with Gasteiger partial charge >= 0.3 is 0 Å². The summed E-state index contributed by atoms with van der Waals surface area (Å²) in [6.45, 7) is 4.50. The van der Waals surface area contributed by atoms with Crippen LogP contribution in [0.3, 0.4) is 0 Å². The van der Waals surface area contributed by atoms with Crippen LogP contribution in [0, 0.1) is 0 Å². The lowest BCUT2D eigenvalue weighted by molar-refractivity contribution is -0.122. The Hall–Kier alpha value is -3.16. The summed E-state index contributed by atoms with van der Waals surface area (Å²) in [7, 11) is 0. The molecule has 8 nitrogen and oxygen atoms in total. The van der Waals surface area contributed by atoms with Crippen LogP contribution in [0.5, 0.6) is 0 Å². The average molecular weight is 340 g/mol. The van der Waals surface area contributed by atoms with Gasteiger partial charge in [0.1, 0.15) is 11.7 Å². The molecule has 0 aliphatic heterocycles. The molecule has 1 atom stereocenters. The first-order valence-corrected chi connectivity index (χ1v) is 8.11. The van der Waals surface area contributed by atoms with Gasteiger partial charge in [-0.05, 0) is 32.0 Å². The number of amides is 2. The smallest absolute Gasteiger partial charge is 0.272 e. The van der Waals surface area contributed by atoms with Crippen molar-refractivity contribution in [2.45, 2.75) is 26.4 Å². The monoisotopic (exact) mass is 340 g/mol. The molecule has 0 aliphatic carbocycles. The number of nitrogens with one attached hydrogen (secondary N) is 3. The van der Waals surface area contributed by atoms with Crippen molar-refractivity contribution >= 4 is 22.8 Å². The number of rotatable bonds is 6. The number of aromatic nitrogens is 4. The lowest BCUT2D eigenvalue weighted by Gasteiger charge is -2.11. The summed E-state index contributed by atoms with van der Waals surface area (Å²) in [5.74, 6) is -0.617. The van der Waals surface area contributed by atoms with E-state index >= 15 is 0 Å². The fourth-order valence-corrected chi connectivity index (χ4v) is 2.54. The maximum Gasteiger partial charge on any atom is 0.272 e. The molecule has 25 heavy (non-hydrogen) atoms. The number of likely N-dealkylation sites (N-methyl/N-ethyl adjacent to an activating group) is 1. The Morgan fingerprint density at radius 1 is 1.32 bits per heavy atom. The van der Waals surface area contributed by atoms with Crippen molar-refractivity contribution in [2.24, 2.45) is 0 Å². The molecule has 1 aromatic carbocycles. The highest BCUT2D eigenvalue weighted by Gasteiger charge is 2.18. The molecular weight excluding hydrogens is 320 g/mol. The maximum absolute atomic E-state index is 12.2. The molecule has 0 unspecified atom stereocenters. The van der Waals surface area contributed by atoms with Gasteiger partial charge in [-0.2, -0.15) is 5.10 Å². The zero-order valence-corrected chi connectivity index (χ0v) is 14.1. The molecular formula is C17H20N6O2. The summed E-state index contributed by atoms with van der Waals surface area (Å²) in [5, 5.41) is 12.2. The molecule has 0 radical (unpaired) electrons. The topological polar surface area (TPSA) is 105 Å². The molecule has 2 amide bonds. The summed E-state index contributed by atoms with van der Waals surface area (Å²) < 4.78 is 1.97. The van der Waals surface area contributed by atoms with Gasteiger partial charge in [0, 0.05) is 6.54 Å². The molecule has 8 heteroatoms. The van der Waals surface area contributed by atoms with Crippen LogP contribution in [0.2, 0.25) is 0 Å². The van der Waals surface area contributed by atoms with E-state index in [0.29, 0.717) is 13.1 Å². The Labute approximate surface area is 144 Å². The number of fused-ring (bicyclic) bond motifs is 1. The summed E-state index contributed by atoms with van der Waals surface area (Å²) >= 11 is 0. The third-order valence-electron chi connectivity index (χ3n) is 3.82. The second kappa shape index (κ2) is 7.16. The van der Waals surface area contributed by atoms with Gasteiger partial charge in [-0.25, -0.2) is 4.98 Å². The molecule has 0 bridgehead atoms. The van der Waals surface area contributed by atoms with E-state index in [1.807, 2.05) is 35.8 Å². The Morgan fingerprint density at radius 2 is 2.12 bits per heavy atom. The largest absolute Gasteiger partial charge is 0.355 e. The summed E-state index contributed by atoms with van der Waals surface area (Å²) in [4.78, 5) is 28.2. The van der Waals surface area contributed by atoms with Crippen molar-refractivity contribution in [3.63, 3.8) is 0 Å². The minimum Gasteiger partial charge on any atom is -0.355 e. The molecule has 3 aromatic rings. The first-order chi connectivity index (χ1) is 12.1. The SMILES string of the molecule is CCNC(=O)[C@@H](C)NC(=O)c1cc(Cn2cnc3ccccc32)[nH]n1. The number of carbonyl (C=O) groups excluding carboxylic acids is 2. The van der Waals surface area contributed by atoms with Crippen LogP contribution >= 0.6 is 0 Å². The number of aromatic amines is 1. The van der Waals surface area contributed by atoms with Crippen LogP contribution in [0.4, 0.5) is 0 Å². The third-order valence-corrected chi connectivity index (χ3v) is 3.82. The van der Waals surface area contributed by atoms with Crippen LogP contribution in [0.15, 0.2) is 36.7 Å². The highest BCUT2D eigenvalue weighted by atomic mass is 16.2. The van der Waals surface area contributed by atoms with Crippen LogP contribution in [-0.2, 0) is 11.3 Å². The standard InChI is InChI=1S/C17H20N6O2/c1-3-18-16(24)11(2)20-17(25)14-8-12(21-22-14)9-23-10-19-13-6-4-5-7-15(13)23/h4-8,10-11H,3,9H2,1-2H3,(H,18,24)(H,20,25)(H,21,22)/t11-/m1/s1. The predicted molar refractivity (Wildman–Crippen MR) is 93.0 cm³/mol. The Balaban J connectivity index is 1.68. The zero-order chi connectivity index (χ0) is 17.8. The van der Waals surface area contributed by atoms with Gasteiger partial charge < -0.3 is 15.2 Å². The van der Waals surface area contributed by atoms with Gasteiger partial charge in [0.05, 0.1) is 29.6 Å². The number of carbonyl (C=O) groups is 2. The van der Waals surface area contributed by atoms with E-state index in [2.05, 4.69) is 25.8 Å². The summed E-state index contributed by atoms with van der Waals surface area (Å²) in [5.41, 5.74) is 2.94. The maximum atomic E-state index is 12.2. The van der Waals surface area contributed by atoms with Crippen molar-refractivity contribution in [1.29, 1.82) is 0 Å². The van der Waals surface area contributed by atoms with E-state index in [1.165, 1.54) is 0 Å². The quantitative estimate of drug-likeness (QED) is 0.624. The van der Waals surface area contributed by atoms with Gasteiger partial charge in [0.2, 0.25) is 5.91 Å². The number of para-hydroxylation sites is 2. The van der Waals surface area contributed by atoms with E-state index in [4.69, 9.17) is 0 Å². The fraction of sp³-hybridized carbons (Fsp3) is 0.294. The van der Waals surface area contributed by atoms with Crippen LogP contribution < -0.4 is 10.6 Å². The molecule has 130 valence electrons. The van der Waals surface area contributed by atoms with Gasteiger partial charge in [-0.3, -0.25) is 14.7 Å². The average Bonchev–Trinajstić information content (AvgIpc) is 3.23. The second-order valence-electron chi connectivity index (χ2n) is 5.73. The molecule has 2 aromatic heterocycles. The Bertz CT molecular complexity index is 897. The number of nitrogens with zero attached hydrogens (tertiary/aromatic N) is 3. The molecule has 0 saturated carbocycles. The molecule has 3 N–H and O–H groups in total. The zero-order valence-electron chi connectivity index (χ0n) is 14.1. The van der Waals surface area contributed by atoms with E-state index in [1.54, 1.807) is 19.3 Å². The van der Waals surface area contributed by atoms with Crippen LogP contribution in [-0.4, -0.2) is 44.1 Å². The fourth-order valence-electron chi connectivity index (χ4n) is 2.54. The summed E-state index contributed by atoms with van der Waals surface area (Å²) in [6.07, 6.45) is 1.75. The number of H-pyrrole nitrogens is 1. The Morgan fingerprint density at radius 3 is 2.92 bits per heavy atom. The lowest BCUT2D eigenvalue weighted by atomic mass is 10.2. The molecule has 0 aliphatic rings. The second-order valence-corrected chi connectivity index (χ2v) is 5.73. The number of hydrogen-bond acceptors (Lipinski definition) is 4. The van der Waals surface area contributed by atoms with Crippen molar-refractivity contribution in [2.75, 3.05) is 6.54 Å². The van der Waals surface area contributed by atoms with Crippen LogP contribution in [0.1, 0.15) is 30.0 Å². The highest BCUT2D eigenvalue weighted by molar-refractivity contribution is 5.96. The summed E-state index contributed by atoms with van der Waals surface area (Å²) in [6, 6.07) is 8.88. The third kappa shape index (κ3) is 3.68. The minimum absolute atomic E-state index is 0.225. The van der Waals surface area contributed by atoms with Crippen molar-refractivity contribution in [3.05, 3.63) is 48.0 Å². The van der Waals surface area contributed by atoms with Gasteiger partial charge in [0.15, 0.2) is 0 Å². The molecule has 0 spiro atoms. The predicted octanol–water partition coefficient (Wildman–Crippen LogP) is 1.06. The first kappa shape index (κ1) is 16.7. The van der Waals surface area contributed by atoms with Gasteiger partial charge in [0.25, 0.3) is 5.91 Å². The van der Waals surface area contributed by atoms with Crippen LogP contribution in [0.25, 0.3) is 11.0 Å².